The van der Waals surface area contributed by atoms with Crippen molar-refractivity contribution in [2.45, 2.75) is 12.8 Å². The molecule has 0 spiro atoms. The quantitative estimate of drug-likeness (QED) is 0.535. The van der Waals surface area contributed by atoms with E-state index in [9.17, 15) is 14.4 Å². The predicted octanol–water partition coefficient (Wildman–Crippen LogP) is 0.646. The van der Waals surface area contributed by atoms with Crippen molar-refractivity contribution in [3.05, 3.63) is 54.2 Å². The molecular formula is C15H16N4O4. The topological polar surface area (TPSA) is 113 Å². The molecule has 0 saturated carbocycles. The van der Waals surface area contributed by atoms with E-state index in [1.54, 1.807) is 30.5 Å². The van der Waals surface area contributed by atoms with Crippen LogP contribution in [0.5, 0.6) is 0 Å². The number of nitrogens with zero attached hydrogens (tertiary/aromatic N) is 1. The van der Waals surface area contributed by atoms with Gasteiger partial charge in [0.05, 0.1) is 11.8 Å². The zero-order valence-corrected chi connectivity index (χ0v) is 12.2. The van der Waals surface area contributed by atoms with Gasteiger partial charge in [-0.15, -0.1) is 0 Å². The monoisotopic (exact) mass is 316 g/mol. The molecule has 120 valence electrons. The van der Waals surface area contributed by atoms with Gasteiger partial charge in [-0.3, -0.25) is 30.2 Å². The third kappa shape index (κ3) is 5.27. The molecule has 3 N–H and O–H groups in total. The average Bonchev–Trinajstić information content (AvgIpc) is 3.12. The van der Waals surface area contributed by atoms with E-state index in [1.807, 2.05) is 0 Å². The molecule has 0 aromatic carbocycles. The lowest BCUT2D eigenvalue weighted by molar-refractivity contribution is -0.121. The molecule has 2 aromatic rings. The van der Waals surface area contributed by atoms with Gasteiger partial charge >= 0.3 is 0 Å². The third-order valence-corrected chi connectivity index (χ3v) is 2.85. The Labute approximate surface area is 132 Å². The maximum Gasteiger partial charge on any atom is 0.286 e. The molecule has 0 bridgehead atoms. The summed E-state index contributed by atoms with van der Waals surface area (Å²) >= 11 is 0. The van der Waals surface area contributed by atoms with Crippen molar-refractivity contribution in [2.24, 2.45) is 0 Å². The van der Waals surface area contributed by atoms with Gasteiger partial charge in [-0.2, -0.15) is 0 Å². The van der Waals surface area contributed by atoms with Crippen LogP contribution in [0.25, 0.3) is 0 Å². The van der Waals surface area contributed by atoms with E-state index in [1.165, 1.54) is 12.5 Å². The molecule has 8 nitrogen and oxygen atoms in total. The van der Waals surface area contributed by atoms with Gasteiger partial charge in [0.1, 0.15) is 0 Å². The Morgan fingerprint density at radius 2 is 1.96 bits per heavy atom. The van der Waals surface area contributed by atoms with E-state index in [0.29, 0.717) is 18.5 Å². The first-order chi connectivity index (χ1) is 11.2. The van der Waals surface area contributed by atoms with Gasteiger partial charge in [0, 0.05) is 25.4 Å². The maximum atomic E-state index is 11.7. The molecule has 2 rings (SSSR count). The predicted molar refractivity (Wildman–Crippen MR) is 80.1 cm³/mol. The van der Waals surface area contributed by atoms with Gasteiger partial charge < -0.3 is 9.73 Å². The number of hydrogen-bond acceptors (Lipinski definition) is 5. The lowest BCUT2D eigenvalue weighted by atomic mass is 10.3. The maximum absolute atomic E-state index is 11.7. The number of carbonyl (C=O) groups is 3. The highest BCUT2D eigenvalue weighted by Gasteiger charge is 2.09. The second-order valence-corrected chi connectivity index (χ2v) is 4.58. The summed E-state index contributed by atoms with van der Waals surface area (Å²) in [5, 5.41) is 2.62. The van der Waals surface area contributed by atoms with Crippen LogP contribution in [0, 0.1) is 0 Å². The second-order valence-electron chi connectivity index (χ2n) is 4.58. The molecule has 0 radical (unpaired) electrons. The zero-order valence-electron chi connectivity index (χ0n) is 12.2. The number of pyridine rings is 1. The number of amides is 3. The number of furan rings is 1. The summed E-state index contributed by atoms with van der Waals surface area (Å²) in [4.78, 5) is 38.6. The Morgan fingerprint density at radius 3 is 2.65 bits per heavy atom. The van der Waals surface area contributed by atoms with Crippen LogP contribution in [0.2, 0.25) is 0 Å². The van der Waals surface area contributed by atoms with Gasteiger partial charge in [-0.05, 0) is 30.7 Å². The Morgan fingerprint density at radius 1 is 1.09 bits per heavy atom. The molecule has 0 saturated heterocycles. The van der Waals surface area contributed by atoms with Crippen LogP contribution in [0.15, 0.2) is 47.3 Å². The van der Waals surface area contributed by atoms with Gasteiger partial charge in [0.2, 0.25) is 5.91 Å². The fourth-order valence-electron chi connectivity index (χ4n) is 1.70. The summed E-state index contributed by atoms with van der Waals surface area (Å²) < 4.78 is 4.94. The number of hydrogen-bond donors (Lipinski definition) is 3. The molecule has 0 aliphatic heterocycles. The number of nitrogens with one attached hydrogen (secondary N) is 3. The molecule has 2 heterocycles. The van der Waals surface area contributed by atoms with E-state index in [2.05, 4.69) is 21.2 Å². The van der Waals surface area contributed by atoms with Gasteiger partial charge in [0.25, 0.3) is 11.8 Å². The standard InChI is InChI=1S/C15H16N4O4/c20-13(18-19-14(21)11-4-1-7-16-10-11)6-2-8-17-15(22)12-5-3-9-23-12/h1,3-5,7,9-10H,2,6,8H2,(H,17,22)(H,18,20)(H,19,21). The van der Waals surface area contributed by atoms with Gasteiger partial charge in [-0.25, -0.2) is 0 Å². The van der Waals surface area contributed by atoms with Crippen molar-refractivity contribution in [3.8, 4) is 0 Å². The first kappa shape index (κ1) is 16.2. The van der Waals surface area contributed by atoms with Crippen LogP contribution >= 0.6 is 0 Å². The molecule has 0 unspecified atom stereocenters. The van der Waals surface area contributed by atoms with E-state index in [4.69, 9.17) is 4.42 Å². The first-order valence-electron chi connectivity index (χ1n) is 6.98. The third-order valence-electron chi connectivity index (χ3n) is 2.85. The van der Waals surface area contributed by atoms with Gasteiger partial charge in [0.15, 0.2) is 5.76 Å². The van der Waals surface area contributed by atoms with Crippen LogP contribution in [-0.4, -0.2) is 29.3 Å². The van der Waals surface area contributed by atoms with Crippen molar-refractivity contribution in [2.75, 3.05) is 6.54 Å². The SMILES string of the molecule is O=C(CCCNC(=O)c1ccco1)NNC(=O)c1cccnc1. The van der Waals surface area contributed by atoms with Crippen molar-refractivity contribution in [1.82, 2.24) is 21.2 Å². The van der Waals surface area contributed by atoms with Gasteiger partial charge in [-0.1, -0.05) is 0 Å². The van der Waals surface area contributed by atoms with Crippen LogP contribution < -0.4 is 16.2 Å². The van der Waals surface area contributed by atoms with Crippen molar-refractivity contribution in [3.63, 3.8) is 0 Å². The lowest BCUT2D eigenvalue weighted by Gasteiger charge is -2.07. The Balaban J connectivity index is 1.60. The molecule has 0 aliphatic carbocycles. The summed E-state index contributed by atoms with van der Waals surface area (Å²) in [6, 6.07) is 6.38. The van der Waals surface area contributed by atoms with Crippen molar-refractivity contribution < 1.29 is 18.8 Å². The van der Waals surface area contributed by atoms with Crippen molar-refractivity contribution >= 4 is 17.7 Å². The molecule has 8 heteroatoms. The Kier molecular flexibility index (Phi) is 5.87. The number of carbonyl (C=O) groups excluding carboxylic acids is 3. The minimum atomic E-state index is -0.447. The summed E-state index contributed by atoms with van der Waals surface area (Å²) in [6.07, 6.45) is 4.94. The normalized spacial score (nSPS) is 9.91. The molecule has 2 aromatic heterocycles. The first-order valence-corrected chi connectivity index (χ1v) is 6.98. The smallest absolute Gasteiger partial charge is 0.286 e. The van der Waals surface area contributed by atoms with E-state index < -0.39 is 5.91 Å². The summed E-state index contributed by atoms with van der Waals surface area (Å²) in [6.45, 7) is 0.323. The van der Waals surface area contributed by atoms with Crippen LogP contribution in [0.4, 0.5) is 0 Å². The largest absolute Gasteiger partial charge is 0.459 e. The molecular weight excluding hydrogens is 300 g/mol. The molecule has 3 amide bonds. The van der Waals surface area contributed by atoms with Crippen LogP contribution in [-0.2, 0) is 4.79 Å². The zero-order chi connectivity index (χ0) is 16.5. The summed E-state index contributed by atoms with van der Waals surface area (Å²) in [7, 11) is 0. The highest BCUT2D eigenvalue weighted by atomic mass is 16.3. The van der Waals surface area contributed by atoms with Crippen molar-refractivity contribution in [1.29, 1.82) is 0 Å². The fourth-order valence-corrected chi connectivity index (χ4v) is 1.70. The lowest BCUT2D eigenvalue weighted by Crippen LogP contribution is -2.41. The van der Waals surface area contributed by atoms with E-state index >= 15 is 0 Å². The number of hydrazine groups is 1. The second kappa shape index (κ2) is 8.32. The molecule has 0 atom stereocenters. The Bertz CT molecular complexity index is 655. The molecule has 0 fully saturated rings. The van der Waals surface area contributed by atoms with Crippen LogP contribution in [0.3, 0.4) is 0 Å². The number of aromatic nitrogens is 1. The molecule has 0 aliphatic rings. The highest BCUT2D eigenvalue weighted by molar-refractivity contribution is 5.95. The number of rotatable bonds is 6. The van der Waals surface area contributed by atoms with E-state index in [0.717, 1.165) is 0 Å². The molecule has 23 heavy (non-hydrogen) atoms. The Hall–Kier alpha value is -3.16. The summed E-state index contributed by atoms with van der Waals surface area (Å²) in [5.74, 6) is -0.912. The highest BCUT2D eigenvalue weighted by Crippen LogP contribution is 1.99. The fraction of sp³-hybridized carbons (Fsp3) is 0.200. The minimum Gasteiger partial charge on any atom is -0.459 e. The average molecular weight is 316 g/mol. The van der Waals surface area contributed by atoms with E-state index in [-0.39, 0.29) is 24.0 Å². The minimum absolute atomic E-state index is 0.158. The summed E-state index contributed by atoms with van der Waals surface area (Å²) in [5.41, 5.74) is 4.93. The van der Waals surface area contributed by atoms with Crippen LogP contribution in [0.1, 0.15) is 33.8 Å².